The lowest BCUT2D eigenvalue weighted by Gasteiger charge is -2.37. The van der Waals surface area contributed by atoms with Crippen LogP contribution in [0.2, 0.25) is 0 Å². The number of carbonyl (C=O) groups is 1. The summed E-state index contributed by atoms with van der Waals surface area (Å²) in [6.07, 6.45) is 5.55. The number of benzene rings is 1. The van der Waals surface area contributed by atoms with Gasteiger partial charge in [-0.05, 0) is 31.2 Å². The van der Waals surface area contributed by atoms with Crippen molar-refractivity contribution in [2.75, 3.05) is 19.6 Å². The number of hydrogen-bond donors (Lipinski definition) is 2. The molecule has 0 spiro atoms. The molecule has 2 saturated heterocycles. The number of imidazole rings is 1. The summed E-state index contributed by atoms with van der Waals surface area (Å²) in [4.78, 5) is 18.9. The Balaban J connectivity index is 1.49. The van der Waals surface area contributed by atoms with Crippen molar-refractivity contribution >= 4 is 5.91 Å². The molecule has 1 aromatic carbocycles. The second kappa shape index (κ2) is 7.21. The molecule has 3 atom stereocenters. The number of piperidine rings is 1. The standard InChI is InChI=1S/C20H27N5O/c1-14-5-7-15(8-6-14)17-10-22-23-19(17)16-4-3-9-25(12-16)20(26)18-11-21-13-24(18)2/h5-8,11,13,16-17,19,22-23H,3-4,9-10,12H2,1-2H3. The van der Waals surface area contributed by atoms with Gasteiger partial charge in [0.15, 0.2) is 0 Å². The molecule has 1 aromatic heterocycles. The first-order chi connectivity index (χ1) is 12.6. The second-order valence-electron chi connectivity index (χ2n) is 7.61. The summed E-state index contributed by atoms with van der Waals surface area (Å²) in [5, 5.41) is 0. The predicted octanol–water partition coefficient (Wildman–Crippen LogP) is 1.84. The lowest BCUT2D eigenvalue weighted by Crippen LogP contribution is -2.48. The number of amides is 1. The molecule has 0 bridgehead atoms. The van der Waals surface area contributed by atoms with Crippen molar-refractivity contribution in [3.8, 4) is 0 Å². The fourth-order valence-electron chi connectivity index (χ4n) is 4.31. The Bertz CT molecular complexity index is 769. The third-order valence-electron chi connectivity index (χ3n) is 5.82. The third-order valence-corrected chi connectivity index (χ3v) is 5.82. The van der Waals surface area contributed by atoms with E-state index in [1.807, 2.05) is 11.9 Å². The number of nitrogens with one attached hydrogen (secondary N) is 2. The molecule has 3 unspecified atom stereocenters. The Morgan fingerprint density at radius 2 is 2.08 bits per heavy atom. The number of rotatable bonds is 3. The first-order valence-corrected chi connectivity index (χ1v) is 9.44. The lowest BCUT2D eigenvalue weighted by atomic mass is 9.81. The Morgan fingerprint density at radius 1 is 1.27 bits per heavy atom. The number of nitrogens with zero attached hydrogens (tertiary/aromatic N) is 3. The summed E-state index contributed by atoms with van der Waals surface area (Å²) in [6.45, 7) is 4.68. The maximum absolute atomic E-state index is 12.9. The quantitative estimate of drug-likeness (QED) is 0.884. The summed E-state index contributed by atoms with van der Waals surface area (Å²) in [7, 11) is 1.87. The van der Waals surface area contributed by atoms with Crippen molar-refractivity contribution in [1.29, 1.82) is 0 Å². The SMILES string of the molecule is Cc1ccc(C2CNNC2C2CCCN(C(=O)c3cncn3C)C2)cc1. The largest absolute Gasteiger partial charge is 0.337 e. The molecular weight excluding hydrogens is 326 g/mol. The van der Waals surface area contributed by atoms with Crippen LogP contribution in [0.1, 0.15) is 40.4 Å². The van der Waals surface area contributed by atoms with Gasteiger partial charge in [0.1, 0.15) is 5.69 Å². The van der Waals surface area contributed by atoms with E-state index in [0.29, 0.717) is 23.6 Å². The van der Waals surface area contributed by atoms with Gasteiger partial charge in [-0.25, -0.2) is 4.98 Å². The normalized spacial score (nSPS) is 26.2. The van der Waals surface area contributed by atoms with Gasteiger partial charge in [-0.3, -0.25) is 15.6 Å². The van der Waals surface area contributed by atoms with E-state index in [1.54, 1.807) is 17.1 Å². The third kappa shape index (κ3) is 3.27. The van der Waals surface area contributed by atoms with Gasteiger partial charge < -0.3 is 9.47 Å². The summed E-state index contributed by atoms with van der Waals surface area (Å²) < 4.78 is 1.80. The molecule has 2 fully saturated rings. The topological polar surface area (TPSA) is 62.2 Å². The molecule has 2 N–H and O–H groups in total. The van der Waals surface area contributed by atoms with Gasteiger partial charge in [-0.1, -0.05) is 29.8 Å². The van der Waals surface area contributed by atoms with E-state index in [9.17, 15) is 4.79 Å². The number of aromatic nitrogens is 2. The molecule has 4 rings (SSSR count). The molecular formula is C20H27N5O. The minimum absolute atomic E-state index is 0.0903. The summed E-state index contributed by atoms with van der Waals surface area (Å²) in [5.74, 6) is 0.974. The molecule has 6 nitrogen and oxygen atoms in total. The van der Waals surface area contributed by atoms with E-state index in [-0.39, 0.29) is 5.91 Å². The van der Waals surface area contributed by atoms with Gasteiger partial charge in [0.05, 0.1) is 12.5 Å². The average Bonchev–Trinajstić information content (AvgIpc) is 3.31. The van der Waals surface area contributed by atoms with Gasteiger partial charge in [-0.2, -0.15) is 0 Å². The monoisotopic (exact) mass is 353 g/mol. The zero-order chi connectivity index (χ0) is 18.1. The highest BCUT2D eigenvalue weighted by Gasteiger charge is 2.37. The van der Waals surface area contributed by atoms with Crippen LogP contribution in [0.3, 0.4) is 0 Å². The van der Waals surface area contributed by atoms with Crippen LogP contribution in [0.25, 0.3) is 0 Å². The van der Waals surface area contributed by atoms with E-state index in [2.05, 4.69) is 47.0 Å². The molecule has 0 saturated carbocycles. The molecule has 3 heterocycles. The van der Waals surface area contributed by atoms with Crippen LogP contribution >= 0.6 is 0 Å². The molecule has 0 aliphatic carbocycles. The maximum Gasteiger partial charge on any atom is 0.272 e. The van der Waals surface area contributed by atoms with E-state index < -0.39 is 0 Å². The van der Waals surface area contributed by atoms with Crippen LogP contribution in [-0.2, 0) is 7.05 Å². The highest BCUT2D eigenvalue weighted by Crippen LogP contribution is 2.32. The van der Waals surface area contributed by atoms with Crippen LogP contribution in [0.15, 0.2) is 36.8 Å². The van der Waals surface area contributed by atoms with Crippen LogP contribution in [0.4, 0.5) is 0 Å². The van der Waals surface area contributed by atoms with Gasteiger partial charge in [0.25, 0.3) is 5.91 Å². The Hall–Kier alpha value is -2.18. The lowest BCUT2D eigenvalue weighted by molar-refractivity contribution is 0.0635. The van der Waals surface area contributed by atoms with Crippen molar-refractivity contribution in [3.63, 3.8) is 0 Å². The highest BCUT2D eigenvalue weighted by molar-refractivity contribution is 5.92. The molecule has 0 radical (unpaired) electrons. The van der Waals surface area contributed by atoms with Crippen LogP contribution in [0.5, 0.6) is 0 Å². The van der Waals surface area contributed by atoms with E-state index in [4.69, 9.17) is 0 Å². The molecule has 2 aliphatic rings. The van der Waals surface area contributed by atoms with Crippen molar-refractivity contribution in [2.45, 2.75) is 31.7 Å². The average molecular weight is 353 g/mol. The summed E-state index contributed by atoms with van der Waals surface area (Å²) in [5.41, 5.74) is 10.2. The van der Waals surface area contributed by atoms with E-state index in [0.717, 1.165) is 32.5 Å². The van der Waals surface area contributed by atoms with Gasteiger partial charge in [0.2, 0.25) is 0 Å². The smallest absolute Gasteiger partial charge is 0.272 e. The van der Waals surface area contributed by atoms with Crippen LogP contribution < -0.4 is 10.9 Å². The first-order valence-electron chi connectivity index (χ1n) is 9.44. The van der Waals surface area contributed by atoms with Crippen molar-refractivity contribution in [1.82, 2.24) is 25.3 Å². The van der Waals surface area contributed by atoms with Crippen molar-refractivity contribution < 1.29 is 4.79 Å². The maximum atomic E-state index is 12.9. The van der Waals surface area contributed by atoms with Crippen LogP contribution in [-0.4, -0.2) is 46.0 Å². The number of carbonyl (C=O) groups excluding carboxylic acids is 1. The molecule has 138 valence electrons. The minimum Gasteiger partial charge on any atom is -0.337 e. The second-order valence-corrected chi connectivity index (χ2v) is 7.61. The zero-order valence-electron chi connectivity index (χ0n) is 15.5. The molecule has 2 aromatic rings. The zero-order valence-corrected chi connectivity index (χ0v) is 15.5. The van der Waals surface area contributed by atoms with E-state index >= 15 is 0 Å². The van der Waals surface area contributed by atoms with Crippen molar-refractivity contribution in [2.24, 2.45) is 13.0 Å². The van der Waals surface area contributed by atoms with Gasteiger partial charge >= 0.3 is 0 Å². The molecule has 1 amide bonds. The van der Waals surface area contributed by atoms with E-state index in [1.165, 1.54) is 11.1 Å². The number of aryl methyl sites for hydroxylation is 2. The molecule has 2 aliphatic heterocycles. The Kier molecular flexibility index (Phi) is 4.78. The van der Waals surface area contributed by atoms with Crippen molar-refractivity contribution in [3.05, 3.63) is 53.6 Å². The Morgan fingerprint density at radius 3 is 2.81 bits per heavy atom. The Labute approximate surface area is 154 Å². The minimum atomic E-state index is 0.0903. The van der Waals surface area contributed by atoms with Crippen LogP contribution in [0, 0.1) is 12.8 Å². The first kappa shape index (κ1) is 17.2. The fraction of sp³-hybridized carbons (Fsp3) is 0.500. The molecule has 6 heteroatoms. The highest BCUT2D eigenvalue weighted by atomic mass is 16.2. The summed E-state index contributed by atoms with van der Waals surface area (Å²) in [6, 6.07) is 9.19. The number of likely N-dealkylation sites (tertiary alicyclic amines) is 1. The summed E-state index contributed by atoms with van der Waals surface area (Å²) >= 11 is 0. The predicted molar refractivity (Wildman–Crippen MR) is 101 cm³/mol. The number of hydrogen-bond acceptors (Lipinski definition) is 4. The molecule has 26 heavy (non-hydrogen) atoms. The van der Waals surface area contributed by atoms with Gasteiger partial charge in [0, 0.05) is 38.6 Å². The number of hydrazine groups is 1. The fourth-order valence-corrected chi connectivity index (χ4v) is 4.31. The van der Waals surface area contributed by atoms with Gasteiger partial charge in [-0.15, -0.1) is 0 Å².